The lowest BCUT2D eigenvalue weighted by atomic mass is 9.92. The molecule has 1 heterocycles. The second kappa shape index (κ2) is 4.10. The number of carboxylic acid groups (broad SMARTS) is 1. The van der Waals surface area contributed by atoms with Gasteiger partial charge in [0, 0.05) is 11.3 Å². The zero-order valence-corrected chi connectivity index (χ0v) is 9.08. The van der Waals surface area contributed by atoms with Gasteiger partial charge in [0.15, 0.2) is 0 Å². The number of fused-ring (bicyclic) bond motifs is 1. The van der Waals surface area contributed by atoms with E-state index < -0.39 is 24.0 Å². The predicted molar refractivity (Wildman–Crippen MR) is 55.9 cm³/mol. The van der Waals surface area contributed by atoms with Crippen LogP contribution in [0.5, 0.6) is 0 Å². The number of hydrogen-bond donors (Lipinski definition) is 2. The van der Waals surface area contributed by atoms with Gasteiger partial charge in [0.25, 0.3) is 5.91 Å². The highest BCUT2D eigenvalue weighted by molar-refractivity contribution is 6.08. The third-order valence-electron chi connectivity index (χ3n) is 2.72. The van der Waals surface area contributed by atoms with Crippen molar-refractivity contribution in [3.63, 3.8) is 0 Å². The van der Waals surface area contributed by atoms with Crippen LogP contribution < -0.4 is 10.4 Å². The number of carbonyl (C=O) groups is 2. The highest BCUT2D eigenvalue weighted by atomic mass is 16.5. The summed E-state index contributed by atoms with van der Waals surface area (Å²) < 4.78 is 0. The molecule has 0 radical (unpaired) electrons. The zero-order chi connectivity index (χ0) is 13.3. The van der Waals surface area contributed by atoms with E-state index in [1.54, 1.807) is 24.3 Å². The smallest absolute Gasteiger partial charge is 0.266 e. The number of benzene rings is 1. The Morgan fingerprint density at radius 1 is 1.56 bits per heavy atom. The molecular weight excluding hydrogens is 238 g/mol. The van der Waals surface area contributed by atoms with E-state index in [-0.39, 0.29) is 10.6 Å². The van der Waals surface area contributed by atoms with Gasteiger partial charge in [-0.15, -0.1) is 0 Å². The maximum Gasteiger partial charge on any atom is 0.266 e. The SMILES string of the molecule is N#CC1(N(O)CC(=O)[O-])C(=O)Nc2ccccc21. The highest BCUT2D eigenvalue weighted by Gasteiger charge is 2.52. The Morgan fingerprint density at radius 2 is 2.22 bits per heavy atom. The monoisotopic (exact) mass is 246 g/mol. The molecule has 0 aliphatic carbocycles. The number of hydrogen-bond acceptors (Lipinski definition) is 6. The molecule has 1 amide bonds. The molecular formula is C11H8N3O4-. The maximum atomic E-state index is 11.9. The van der Waals surface area contributed by atoms with Crippen LogP contribution in [-0.4, -0.2) is 28.7 Å². The van der Waals surface area contributed by atoms with Crippen molar-refractivity contribution in [2.75, 3.05) is 11.9 Å². The van der Waals surface area contributed by atoms with Crippen LogP contribution in [0.2, 0.25) is 0 Å². The number of nitriles is 1. The van der Waals surface area contributed by atoms with Gasteiger partial charge in [-0.2, -0.15) is 10.3 Å². The van der Waals surface area contributed by atoms with Gasteiger partial charge in [0.1, 0.15) is 6.07 Å². The summed E-state index contributed by atoms with van der Waals surface area (Å²) in [4.78, 5) is 22.3. The molecule has 1 aromatic carbocycles. The van der Waals surface area contributed by atoms with Crippen molar-refractivity contribution in [3.8, 4) is 6.07 Å². The van der Waals surface area contributed by atoms with Crippen LogP contribution in [0.1, 0.15) is 5.56 Å². The summed E-state index contributed by atoms with van der Waals surface area (Å²) in [5.74, 6) is -2.39. The Kier molecular flexibility index (Phi) is 2.74. The Morgan fingerprint density at radius 3 is 2.83 bits per heavy atom. The van der Waals surface area contributed by atoms with Crippen molar-refractivity contribution in [2.45, 2.75) is 5.54 Å². The molecule has 1 aliphatic heterocycles. The fourth-order valence-corrected chi connectivity index (χ4v) is 1.91. The molecule has 1 aromatic rings. The summed E-state index contributed by atoms with van der Waals surface area (Å²) in [5.41, 5.74) is -1.49. The summed E-state index contributed by atoms with van der Waals surface area (Å²) in [7, 11) is 0. The number of carboxylic acids is 1. The summed E-state index contributed by atoms with van der Waals surface area (Å²) >= 11 is 0. The number of anilines is 1. The van der Waals surface area contributed by atoms with E-state index in [0.29, 0.717) is 5.69 Å². The van der Waals surface area contributed by atoms with Crippen molar-refractivity contribution >= 4 is 17.6 Å². The fourth-order valence-electron chi connectivity index (χ4n) is 1.91. The molecule has 7 heteroatoms. The molecule has 18 heavy (non-hydrogen) atoms. The van der Waals surface area contributed by atoms with Gasteiger partial charge in [-0.1, -0.05) is 18.2 Å². The lowest BCUT2D eigenvalue weighted by Gasteiger charge is -2.28. The van der Waals surface area contributed by atoms with Crippen LogP contribution in [-0.2, 0) is 15.1 Å². The first-order valence-corrected chi connectivity index (χ1v) is 5.01. The molecule has 1 unspecified atom stereocenters. The quantitative estimate of drug-likeness (QED) is 0.647. The fraction of sp³-hybridized carbons (Fsp3) is 0.182. The average Bonchev–Trinajstić information content (AvgIpc) is 2.60. The molecule has 1 atom stereocenters. The van der Waals surface area contributed by atoms with E-state index in [0.717, 1.165) is 0 Å². The van der Waals surface area contributed by atoms with Crippen molar-refractivity contribution in [1.82, 2.24) is 5.06 Å². The number of amides is 1. The molecule has 2 rings (SSSR count). The van der Waals surface area contributed by atoms with E-state index >= 15 is 0 Å². The van der Waals surface area contributed by atoms with E-state index in [1.807, 2.05) is 0 Å². The Hall–Kier alpha value is -2.43. The van der Waals surface area contributed by atoms with E-state index in [1.165, 1.54) is 6.07 Å². The van der Waals surface area contributed by atoms with Gasteiger partial charge in [-0.3, -0.25) is 4.79 Å². The third-order valence-corrected chi connectivity index (χ3v) is 2.72. The number of para-hydroxylation sites is 1. The molecule has 0 saturated heterocycles. The minimum absolute atomic E-state index is 0.170. The summed E-state index contributed by atoms with van der Waals surface area (Å²) in [6.07, 6.45) is 0. The van der Waals surface area contributed by atoms with E-state index in [4.69, 9.17) is 0 Å². The van der Waals surface area contributed by atoms with Crippen LogP contribution >= 0.6 is 0 Å². The minimum atomic E-state index is -2.06. The molecule has 7 nitrogen and oxygen atoms in total. The normalized spacial score (nSPS) is 21.3. The van der Waals surface area contributed by atoms with E-state index in [2.05, 4.69) is 5.32 Å². The van der Waals surface area contributed by atoms with Crippen LogP contribution in [0.25, 0.3) is 0 Å². The Labute approximate surface area is 102 Å². The zero-order valence-electron chi connectivity index (χ0n) is 9.08. The van der Waals surface area contributed by atoms with Crippen LogP contribution in [0.15, 0.2) is 24.3 Å². The number of nitrogens with one attached hydrogen (secondary N) is 1. The van der Waals surface area contributed by atoms with Crippen molar-refractivity contribution in [3.05, 3.63) is 29.8 Å². The lowest BCUT2D eigenvalue weighted by molar-refractivity contribution is -0.313. The van der Waals surface area contributed by atoms with Crippen LogP contribution in [0.4, 0.5) is 5.69 Å². The number of rotatable bonds is 3. The molecule has 1 aliphatic rings. The van der Waals surface area contributed by atoms with Gasteiger partial charge in [0.05, 0.1) is 12.5 Å². The number of nitrogens with zero attached hydrogens (tertiary/aromatic N) is 2. The minimum Gasteiger partial charge on any atom is -0.549 e. The summed E-state index contributed by atoms with van der Waals surface area (Å²) in [6, 6.07) is 7.91. The largest absolute Gasteiger partial charge is 0.549 e. The van der Waals surface area contributed by atoms with Gasteiger partial charge in [0.2, 0.25) is 5.54 Å². The van der Waals surface area contributed by atoms with Gasteiger partial charge < -0.3 is 20.4 Å². The molecule has 0 bridgehead atoms. The maximum absolute atomic E-state index is 11.9. The van der Waals surface area contributed by atoms with Crippen LogP contribution in [0.3, 0.4) is 0 Å². The topological polar surface area (TPSA) is 116 Å². The second-order valence-corrected chi connectivity index (χ2v) is 3.75. The van der Waals surface area contributed by atoms with Gasteiger partial charge in [-0.25, -0.2) is 0 Å². The molecule has 2 N–H and O–H groups in total. The average molecular weight is 246 g/mol. The summed E-state index contributed by atoms with van der Waals surface area (Å²) in [5, 5.41) is 32.0. The van der Waals surface area contributed by atoms with Crippen LogP contribution in [0, 0.1) is 11.3 Å². The van der Waals surface area contributed by atoms with Crippen molar-refractivity contribution in [1.29, 1.82) is 5.26 Å². The first-order valence-electron chi connectivity index (χ1n) is 5.01. The molecule has 0 spiro atoms. The van der Waals surface area contributed by atoms with Gasteiger partial charge in [-0.05, 0) is 6.07 Å². The molecule has 0 saturated carbocycles. The second-order valence-electron chi connectivity index (χ2n) is 3.75. The first kappa shape index (κ1) is 12.0. The van der Waals surface area contributed by atoms with Crippen molar-refractivity contribution < 1.29 is 19.9 Å². The number of carbonyl (C=O) groups excluding carboxylic acids is 2. The number of hydroxylamine groups is 2. The Balaban J connectivity index is 2.54. The molecule has 0 fully saturated rings. The predicted octanol–water partition coefficient (Wildman–Crippen LogP) is -1.20. The Bertz CT molecular complexity index is 566. The van der Waals surface area contributed by atoms with E-state index in [9.17, 15) is 25.2 Å². The lowest BCUT2D eigenvalue weighted by Crippen LogP contribution is -2.52. The van der Waals surface area contributed by atoms with Gasteiger partial charge >= 0.3 is 0 Å². The summed E-state index contributed by atoms with van der Waals surface area (Å²) in [6.45, 7) is -0.949. The standard InChI is InChI=1S/C11H9N3O4/c12-6-11(14(18)5-9(15)16)7-3-1-2-4-8(7)13-10(11)17/h1-4,18H,5H2,(H,13,17)(H,15,16)/p-1. The van der Waals surface area contributed by atoms with Crippen molar-refractivity contribution in [2.24, 2.45) is 0 Å². The third kappa shape index (κ3) is 1.52. The number of aliphatic carboxylic acids is 1. The molecule has 92 valence electrons. The highest BCUT2D eigenvalue weighted by Crippen LogP contribution is 2.38. The molecule has 0 aromatic heterocycles. The first-order chi connectivity index (χ1) is 8.52.